The Morgan fingerprint density at radius 1 is 0.795 bits per heavy atom. The Bertz CT molecular complexity index is 1140. The number of rotatable bonds is 17. The third-order valence-electron chi connectivity index (χ3n) is 8.33. The lowest BCUT2D eigenvalue weighted by Crippen LogP contribution is -2.65. The van der Waals surface area contributed by atoms with Crippen molar-refractivity contribution in [3.05, 3.63) is 59.7 Å². The minimum Gasteiger partial charge on any atom is -0.497 e. The molecule has 1 aliphatic heterocycles. The van der Waals surface area contributed by atoms with E-state index in [0.29, 0.717) is 38.4 Å². The van der Waals surface area contributed by atoms with Gasteiger partial charge in [0.15, 0.2) is 0 Å². The molecule has 0 radical (unpaired) electrons. The molecule has 0 unspecified atom stereocenters. The molecule has 2 aromatic carbocycles. The minimum atomic E-state index is -0.684. The average molecular weight is 611 g/mol. The van der Waals surface area contributed by atoms with Crippen LogP contribution in [-0.2, 0) is 22.4 Å². The van der Waals surface area contributed by atoms with Gasteiger partial charge in [0.25, 0.3) is 0 Å². The van der Waals surface area contributed by atoms with E-state index < -0.39 is 12.1 Å². The maximum atomic E-state index is 14.0. The van der Waals surface area contributed by atoms with Crippen LogP contribution in [0.4, 0.5) is 0 Å². The Balaban J connectivity index is 1.78. The van der Waals surface area contributed by atoms with Crippen LogP contribution < -0.4 is 32.0 Å². The minimum absolute atomic E-state index is 0.0734. The lowest BCUT2D eigenvalue weighted by atomic mass is 9.93. The van der Waals surface area contributed by atoms with Crippen molar-refractivity contribution in [1.29, 1.82) is 0 Å². The normalized spacial score (nSPS) is 18.3. The molecule has 0 saturated carbocycles. The van der Waals surface area contributed by atoms with Gasteiger partial charge in [0.05, 0.1) is 26.3 Å². The van der Waals surface area contributed by atoms with Crippen LogP contribution >= 0.6 is 0 Å². The molecule has 1 aliphatic rings. The Hall–Kier alpha value is -3.18. The molecule has 44 heavy (non-hydrogen) atoms. The molecule has 10 nitrogen and oxygen atoms in total. The first-order chi connectivity index (χ1) is 21.2. The van der Waals surface area contributed by atoms with Gasteiger partial charge in [-0.05, 0) is 80.0 Å². The summed E-state index contributed by atoms with van der Waals surface area (Å²) < 4.78 is 10.5. The summed E-state index contributed by atoms with van der Waals surface area (Å²) in [6.45, 7) is 7.42. The number of unbranched alkanes of at least 4 members (excludes halogenated alkanes) is 1. The summed E-state index contributed by atoms with van der Waals surface area (Å²) in [4.78, 5) is 31.8. The van der Waals surface area contributed by atoms with Crippen molar-refractivity contribution in [3.8, 4) is 11.5 Å². The number of hydrogen-bond donors (Lipinski definition) is 4. The van der Waals surface area contributed by atoms with Crippen LogP contribution in [0.3, 0.4) is 0 Å². The van der Waals surface area contributed by atoms with Crippen LogP contribution in [0.5, 0.6) is 11.5 Å². The second-order valence-corrected chi connectivity index (χ2v) is 12.3. The topological polar surface area (TPSA) is 149 Å². The number of nitrogens with zero attached hydrogens (tertiary/aromatic N) is 2. The van der Waals surface area contributed by atoms with Crippen LogP contribution in [0, 0.1) is 5.92 Å². The number of benzene rings is 2. The van der Waals surface area contributed by atoms with Crippen LogP contribution in [0.15, 0.2) is 48.5 Å². The summed E-state index contributed by atoms with van der Waals surface area (Å²) in [5, 5.41) is 3.34. The molecule has 0 spiro atoms. The van der Waals surface area contributed by atoms with E-state index >= 15 is 0 Å². The number of nitrogens with two attached hydrogens (primary N) is 3. The van der Waals surface area contributed by atoms with Gasteiger partial charge in [0.2, 0.25) is 11.8 Å². The highest BCUT2D eigenvalue weighted by Crippen LogP contribution is 2.26. The lowest BCUT2D eigenvalue weighted by Gasteiger charge is -2.48. The van der Waals surface area contributed by atoms with Gasteiger partial charge in [0, 0.05) is 38.3 Å². The molecule has 1 fully saturated rings. The van der Waals surface area contributed by atoms with E-state index in [1.54, 1.807) is 14.2 Å². The molecular weight excluding hydrogens is 556 g/mol. The molecule has 4 atom stereocenters. The van der Waals surface area contributed by atoms with E-state index in [0.717, 1.165) is 61.4 Å². The van der Waals surface area contributed by atoms with E-state index in [-0.39, 0.29) is 23.9 Å². The molecule has 1 saturated heterocycles. The zero-order valence-electron chi connectivity index (χ0n) is 27.0. The van der Waals surface area contributed by atoms with Crippen molar-refractivity contribution >= 4 is 11.8 Å². The number of nitrogens with one attached hydrogen (secondary N) is 1. The van der Waals surface area contributed by atoms with Crippen LogP contribution in [-0.4, -0.2) is 92.7 Å². The summed E-state index contributed by atoms with van der Waals surface area (Å²) in [7, 11) is 3.26. The van der Waals surface area contributed by atoms with Gasteiger partial charge >= 0.3 is 0 Å². The highest BCUT2D eigenvalue weighted by Gasteiger charge is 2.40. The number of carbonyl (C=O) groups excluding carboxylic acids is 2. The molecule has 0 bridgehead atoms. The molecule has 10 heteroatoms. The van der Waals surface area contributed by atoms with Gasteiger partial charge < -0.3 is 41.8 Å². The second kappa shape index (κ2) is 17.9. The Morgan fingerprint density at radius 2 is 1.27 bits per heavy atom. The van der Waals surface area contributed by atoms with E-state index in [1.807, 2.05) is 58.3 Å². The first-order valence-corrected chi connectivity index (χ1v) is 16.0. The summed E-state index contributed by atoms with van der Waals surface area (Å²) in [6, 6.07) is 13.7. The van der Waals surface area contributed by atoms with Gasteiger partial charge in [-0.15, -0.1) is 0 Å². The van der Waals surface area contributed by atoms with Crippen molar-refractivity contribution in [2.45, 2.75) is 76.5 Å². The lowest BCUT2D eigenvalue weighted by molar-refractivity contribution is -0.149. The molecule has 0 aliphatic carbocycles. The zero-order valence-corrected chi connectivity index (χ0v) is 27.0. The van der Waals surface area contributed by atoms with Crippen molar-refractivity contribution < 1.29 is 19.1 Å². The average Bonchev–Trinajstić information content (AvgIpc) is 3.02. The fraction of sp³-hybridized carbons (Fsp3) is 0.588. The highest BCUT2D eigenvalue weighted by atomic mass is 16.5. The molecule has 0 aromatic heterocycles. The number of methoxy groups -OCH3 is 2. The standard InChI is InChI=1S/C34H54N6O4/c1-24(2)19-28-23-39(33(41)31(36)20-25-8-12-29(43-3)13-9-25)27(7-5-6-17-38-18-16-35)22-40(28)34(42)32(37)21-26-10-14-30(44-4)15-11-26/h8-15,24,27-28,31-32,38H,5-7,16-23,35-37H2,1-4H3/t27-,28+,31+,32+/m0/s1. The molecule has 2 aromatic rings. The second-order valence-electron chi connectivity index (χ2n) is 12.3. The number of amides is 2. The predicted molar refractivity (Wildman–Crippen MR) is 176 cm³/mol. The quantitative estimate of drug-likeness (QED) is 0.200. The van der Waals surface area contributed by atoms with Crippen LogP contribution in [0.25, 0.3) is 0 Å². The van der Waals surface area contributed by atoms with Crippen LogP contribution in [0.2, 0.25) is 0 Å². The summed E-state index contributed by atoms with van der Waals surface area (Å²) in [5.74, 6) is 1.71. The van der Waals surface area contributed by atoms with Gasteiger partial charge in [-0.1, -0.05) is 44.5 Å². The summed E-state index contributed by atoms with van der Waals surface area (Å²) in [6.07, 6.45) is 4.27. The number of carbonyl (C=O) groups is 2. The maximum absolute atomic E-state index is 14.0. The van der Waals surface area contributed by atoms with Crippen molar-refractivity contribution in [1.82, 2.24) is 15.1 Å². The summed E-state index contributed by atoms with van der Waals surface area (Å²) in [5.41, 5.74) is 20.7. The molecule has 3 rings (SSSR count). The Labute approximate surface area is 263 Å². The Morgan fingerprint density at radius 3 is 1.73 bits per heavy atom. The van der Waals surface area contributed by atoms with Gasteiger partial charge in [-0.3, -0.25) is 9.59 Å². The van der Waals surface area contributed by atoms with Gasteiger partial charge in [0.1, 0.15) is 11.5 Å². The van der Waals surface area contributed by atoms with E-state index in [1.165, 1.54) is 0 Å². The summed E-state index contributed by atoms with van der Waals surface area (Å²) >= 11 is 0. The fourth-order valence-electron chi connectivity index (χ4n) is 5.97. The first kappa shape index (κ1) is 35.3. The smallest absolute Gasteiger partial charge is 0.240 e. The Kier molecular flexibility index (Phi) is 14.4. The van der Waals surface area contributed by atoms with E-state index in [2.05, 4.69) is 19.2 Å². The molecule has 2 amide bonds. The fourth-order valence-corrected chi connectivity index (χ4v) is 5.97. The predicted octanol–water partition coefficient (Wildman–Crippen LogP) is 2.32. The van der Waals surface area contributed by atoms with E-state index in [4.69, 9.17) is 26.7 Å². The molecular formula is C34H54N6O4. The van der Waals surface area contributed by atoms with Crippen molar-refractivity contribution in [2.24, 2.45) is 23.1 Å². The number of ether oxygens (including phenoxy) is 2. The van der Waals surface area contributed by atoms with Crippen molar-refractivity contribution in [2.75, 3.05) is 46.9 Å². The third kappa shape index (κ3) is 10.5. The molecule has 7 N–H and O–H groups in total. The van der Waals surface area contributed by atoms with E-state index in [9.17, 15) is 9.59 Å². The van der Waals surface area contributed by atoms with Crippen LogP contribution in [0.1, 0.15) is 50.7 Å². The molecule has 1 heterocycles. The SMILES string of the molecule is COc1ccc(C[C@@H](N)C(=O)N2C[C@H](CCCCNCCN)N(C(=O)[C@H](N)Cc3ccc(OC)cc3)C[C@H]2CC(C)C)cc1. The maximum Gasteiger partial charge on any atom is 0.240 e. The van der Waals surface area contributed by atoms with Crippen molar-refractivity contribution in [3.63, 3.8) is 0 Å². The first-order valence-electron chi connectivity index (χ1n) is 16.0. The number of piperazine rings is 1. The number of hydrogen-bond acceptors (Lipinski definition) is 8. The highest BCUT2D eigenvalue weighted by molar-refractivity contribution is 5.85. The van der Waals surface area contributed by atoms with Gasteiger partial charge in [-0.2, -0.15) is 0 Å². The molecule has 244 valence electrons. The monoisotopic (exact) mass is 610 g/mol. The zero-order chi connectivity index (χ0) is 32.1. The van der Waals surface area contributed by atoms with Gasteiger partial charge in [-0.25, -0.2) is 0 Å². The largest absolute Gasteiger partial charge is 0.497 e. The third-order valence-corrected chi connectivity index (χ3v) is 8.33.